The summed E-state index contributed by atoms with van der Waals surface area (Å²) < 4.78 is 27.4. The normalized spacial score (nSPS) is 17.3. The summed E-state index contributed by atoms with van der Waals surface area (Å²) in [6.45, 7) is 0.348. The lowest BCUT2D eigenvalue weighted by Gasteiger charge is -2.23. The van der Waals surface area contributed by atoms with Crippen molar-refractivity contribution in [2.45, 2.75) is 25.3 Å². The number of aryl methyl sites for hydroxylation is 1. The number of amides is 1. The molecular weight excluding hydrogens is 352 g/mol. The Hall–Kier alpha value is -2.28. The second-order valence-electron chi connectivity index (χ2n) is 5.93. The molecule has 2 heterocycles. The average molecular weight is 368 g/mol. The molecule has 3 rings (SSSR count). The van der Waals surface area contributed by atoms with Gasteiger partial charge in [0.25, 0.3) is 12.3 Å². The quantitative estimate of drug-likeness (QED) is 0.777. The van der Waals surface area contributed by atoms with Crippen molar-refractivity contribution in [1.29, 1.82) is 0 Å². The monoisotopic (exact) mass is 367 g/mol. The molecule has 5 nitrogen and oxygen atoms in total. The van der Waals surface area contributed by atoms with Crippen LogP contribution in [0.2, 0.25) is 5.02 Å². The molecule has 1 aromatic heterocycles. The zero-order valence-corrected chi connectivity index (χ0v) is 14.2. The van der Waals surface area contributed by atoms with Crippen LogP contribution in [0, 0.1) is 0 Å². The molecule has 1 aliphatic heterocycles. The Kier molecular flexibility index (Phi) is 4.85. The molecule has 8 heteroatoms. The first-order chi connectivity index (χ1) is 11.9. The molecule has 1 amide bonds. The molecule has 25 heavy (non-hydrogen) atoms. The van der Waals surface area contributed by atoms with Crippen molar-refractivity contribution in [3.8, 4) is 0 Å². The van der Waals surface area contributed by atoms with Crippen LogP contribution >= 0.6 is 11.6 Å². The van der Waals surface area contributed by atoms with Crippen molar-refractivity contribution in [2.24, 2.45) is 7.05 Å². The predicted octanol–water partition coefficient (Wildman–Crippen LogP) is 3.50. The highest BCUT2D eigenvalue weighted by atomic mass is 35.5. The van der Waals surface area contributed by atoms with Crippen molar-refractivity contribution >= 4 is 23.3 Å². The summed E-state index contributed by atoms with van der Waals surface area (Å²) in [5, 5.41) is 4.17. The summed E-state index contributed by atoms with van der Waals surface area (Å²) in [4.78, 5) is 26.8. The second kappa shape index (κ2) is 6.92. The fraction of sp³-hybridized carbons (Fsp3) is 0.353. The van der Waals surface area contributed by atoms with Crippen molar-refractivity contribution in [3.05, 3.63) is 52.3 Å². The van der Waals surface area contributed by atoms with Gasteiger partial charge in [-0.2, -0.15) is 5.10 Å². The van der Waals surface area contributed by atoms with E-state index < -0.39 is 24.1 Å². The van der Waals surface area contributed by atoms with Gasteiger partial charge in [-0.25, -0.2) is 8.78 Å². The van der Waals surface area contributed by atoms with Crippen molar-refractivity contribution in [1.82, 2.24) is 14.7 Å². The van der Waals surface area contributed by atoms with E-state index in [0.29, 0.717) is 30.0 Å². The Morgan fingerprint density at radius 3 is 2.60 bits per heavy atom. The first kappa shape index (κ1) is 17.5. The SMILES string of the molecule is Cn1cc(C(=O)N2CCCC2C(=O)c2ccc(Cl)cc2)c(C(F)F)n1. The van der Waals surface area contributed by atoms with Crippen LogP contribution in [0.3, 0.4) is 0 Å². The van der Waals surface area contributed by atoms with Crippen LogP contribution in [0.1, 0.15) is 45.7 Å². The Morgan fingerprint density at radius 2 is 1.96 bits per heavy atom. The number of carbonyl (C=O) groups excluding carboxylic acids is 2. The summed E-state index contributed by atoms with van der Waals surface area (Å²) in [6, 6.07) is 5.73. The molecule has 132 valence electrons. The third kappa shape index (κ3) is 3.42. The summed E-state index contributed by atoms with van der Waals surface area (Å²) in [7, 11) is 1.48. The molecule has 0 bridgehead atoms. The topological polar surface area (TPSA) is 55.2 Å². The van der Waals surface area contributed by atoms with Crippen molar-refractivity contribution in [3.63, 3.8) is 0 Å². The third-order valence-electron chi connectivity index (χ3n) is 4.24. The van der Waals surface area contributed by atoms with Gasteiger partial charge in [-0.15, -0.1) is 0 Å². The van der Waals surface area contributed by atoms with E-state index in [9.17, 15) is 18.4 Å². The maximum absolute atomic E-state index is 13.1. The maximum Gasteiger partial charge on any atom is 0.282 e. The molecule has 1 aliphatic rings. The molecule has 0 aliphatic carbocycles. The second-order valence-corrected chi connectivity index (χ2v) is 6.37. The summed E-state index contributed by atoms with van der Waals surface area (Å²) in [6.07, 6.45) is -0.447. The number of hydrogen-bond donors (Lipinski definition) is 0. The number of rotatable bonds is 4. The zero-order valence-electron chi connectivity index (χ0n) is 13.5. The van der Waals surface area contributed by atoms with Gasteiger partial charge < -0.3 is 4.90 Å². The number of aromatic nitrogens is 2. The zero-order chi connectivity index (χ0) is 18.1. The Balaban J connectivity index is 1.87. The molecule has 2 aromatic rings. The van der Waals surface area contributed by atoms with Gasteiger partial charge in [-0.05, 0) is 37.1 Å². The summed E-state index contributed by atoms with van der Waals surface area (Å²) in [5.74, 6) is -0.807. The molecule has 1 saturated heterocycles. The van der Waals surface area contributed by atoms with E-state index in [-0.39, 0.29) is 11.3 Å². The van der Waals surface area contributed by atoms with Crippen LogP contribution in [0.5, 0.6) is 0 Å². The number of likely N-dealkylation sites (tertiary alicyclic amines) is 1. The van der Waals surface area contributed by atoms with E-state index in [4.69, 9.17) is 11.6 Å². The fourth-order valence-electron chi connectivity index (χ4n) is 3.08. The molecule has 1 fully saturated rings. The van der Waals surface area contributed by atoms with Crippen molar-refractivity contribution < 1.29 is 18.4 Å². The maximum atomic E-state index is 13.1. The first-order valence-electron chi connectivity index (χ1n) is 7.81. The minimum absolute atomic E-state index is 0.159. The minimum atomic E-state index is -2.85. The number of Topliss-reactive ketones (excluding diaryl/α,β-unsaturated/α-hetero) is 1. The molecular formula is C17H16ClF2N3O2. The highest BCUT2D eigenvalue weighted by Crippen LogP contribution is 2.27. The van der Waals surface area contributed by atoms with Gasteiger partial charge in [0.2, 0.25) is 0 Å². The Bertz CT molecular complexity index is 805. The summed E-state index contributed by atoms with van der Waals surface area (Å²) in [5.41, 5.74) is -0.278. The van der Waals surface area contributed by atoms with E-state index in [1.54, 1.807) is 24.3 Å². The van der Waals surface area contributed by atoms with Crippen LogP contribution in [-0.4, -0.2) is 39.0 Å². The Morgan fingerprint density at radius 1 is 1.28 bits per heavy atom. The van der Waals surface area contributed by atoms with Crippen LogP contribution < -0.4 is 0 Å². The van der Waals surface area contributed by atoms with E-state index in [1.807, 2.05) is 0 Å². The van der Waals surface area contributed by atoms with Gasteiger partial charge in [0.1, 0.15) is 5.69 Å². The van der Waals surface area contributed by atoms with Gasteiger partial charge in [-0.3, -0.25) is 14.3 Å². The van der Waals surface area contributed by atoms with Gasteiger partial charge in [0, 0.05) is 30.4 Å². The van der Waals surface area contributed by atoms with E-state index >= 15 is 0 Å². The van der Waals surface area contributed by atoms with Crippen molar-refractivity contribution in [2.75, 3.05) is 6.54 Å². The first-order valence-corrected chi connectivity index (χ1v) is 8.18. The lowest BCUT2D eigenvalue weighted by Crippen LogP contribution is -2.40. The number of nitrogens with zero attached hydrogens (tertiary/aromatic N) is 3. The largest absolute Gasteiger partial charge is 0.328 e. The highest BCUT2D eigenvalue weighted by molar-refractivity contribution is 6.30. The average Bonchev–Trinajstić information content (AvgIpc) is 3.21. The van der Waals surface area contributed by atoms with E-state index in [1.165, 1.54) is 22.8 Å². The fourth-order valence-corrected chi connectivity index (χ4v) is 3.20. The number of carbonyl (C=O) groups is 2. The Labute approximate surface area is 148 Å². The molecule has 1 aromatic carbocycles. The molecule has 0 N–H and O–H groups in total. The van der Waals surface area contributed by atoms with Gasteiger partial charge in [-0.1, -0.05) is 11.6 Å². The lowest BCUT2D eigenvalue weighted by atomic mass is 10.0. The lowest BCUT2D eigenvalue weighted by molar-refractivity contribution is 0.0663. The number of alkyl halides is 2. The number of hydrogen-bond acceptors (Lipinski definition) is 3. The number of halogens is 3. The smallest absolute Gasteiger partial charge is 0.282 e. The van der Waals surface area contributed by atoms with Gasteiger partial charge in [0.15, 0.2) is 5.78 Å². The summed E-state index contributed by atoms with van der Waals surface area (Å²) >= 11 is 5.83. The van der Waals surface area contributed by atoms with E-state index in [2.05, 4.69) is 5.10 Å². The number of ketones is 1. The van der Waals surface area contributed by atoms with Crippen LogP contribution in [0.4, 0.5) is 8.78 Å². The molecule has 1 atom stereocenters. The molecule has 1 unspecified atom stereocenters. The molecule has 0 spiro atoms. The van der Waals surface area contributed by atoms with Gasteiger partial charge >= 0.3 is 0 Å². The highest BCUT2D eigenvalue weighted by Gasteiger charge is 2.37. The minimum Gasteiger partial charge on any atom is -0.328 e. The van der Waals surface area contributed by atoms with E-state index in [0.717, 1.165) is 0 Å². The van der Waals surface area contributed by atoms with Gasteiger partial charge in [0.05, 0.1) is 11.6 Å². The number of benzene rings is 1. The van der Waals surface area contributed by atoms with Crippen LogP contribution in [0.25, 0.3) is 0 Å². The third-order valence-corrected chi connectivity index (χ3v) is 4.49. The molecule has 0 radical (unpaired) electrons. The molecule has 0 saturated carbocycles. The van der Waals surface area contributed by atoms with Crippen LogP contribution in [-0.2, 0) is 7.05 Å². The standard InChI is InChI=1S/C17H16ClF2N3O2/c1-22-9-12(14(21-22)16(19)20)17(25)23-8-2-3-13(23)15(24)10-4-6-11(18)7-5-10/h4-7,9,13,16H,2-3,8H2,1H3. The van der Waals surface area contributed by atoms with Crippen LogP contribution in [0.15, 0.2) is 30.5 Å². The predicted molar refractivity (Wildman–Crippen MR) is 88.0 cm³/mol.